The molecular formula is C16H28S4. The number of allylic oxidation sites excluding steroid dienone is 2. The minimum atomic E-state index is 0.884. The lowest BCUT2D eigenvalue weighted by Gasteiger charge is -2.05. The molecule has 1 rings (SSSR count). The van der Waals surface area contributed by atoms with Gasteiger partial charge >= 0.3 is 0 Å². The Morgan fingerprint density at radius 3 is 1.55 bits per heavy atom. The molecule has 1 aliphatic rings. The predicted octanol–water partition coefficient (Wildman–Crippen LogP) is 7.61. The summed E-state index contributed by atoms with van der Waals surface area (Å²) in [6.07, 6.45) is 13.2. The Kier molecular flexibility index (Phi) is 10.8. The highest BCUT2D eigenvalue weighted by Crippen LogP contribution is 2.54. The normalized spacial score (nSPS) is 15.3. The Hall–Kier alpha value is 0.880. The van der Waals surface area contributed by atoms with Crippen molar-refractivity contribution >= 4 is 48.8 Å². The Labute approximate surface area is 144 Å². The van der Waals surface area contributed by atoms with Crippen LogP contribution >= 0.6 is 48.8 Å². The maximum absolute atomic E-state index is 4.40. The molecule has 0 radical (unpaired) electrons. The zero-order valence-electron chi connectivity index (χ0n) is 12.8. The van der Waals surface area contributed by atoms with Crippen molar-refractivity contribution in [3.63, 3.8) is 0 Å². The van der Waals surface area contributed by atoms with Crippen LogP contribution in [0, 0.1) is 0 Å². The highest BCUT2D eigenvalue weighted by Gasteiger charge is 2.21. The SMILES string of the molecule is CCCCCCC1=C(CCCCCC)SC(=C(S)S)S1. The van der Waals surface area contributed by atoms with Crippen LogP contribution in [0.1, 0.15) is 78.1 Å². The second kappa shape index (κ2) is 11.4. The molecule has 0 fully saturated rings. The van der Waals surface area contributed by atoms with Gasteiger partial charge in [-0.25, -0.2) is 0 Å². The third kappa shape index (κ3) is 7.24. The van der Waals surface area contributed by atoms with E-state index in [1.54, 1.807) is 9.81 Å². The monoisotopic (exact) mass is 348 g/mol. The van der Waals surface area contributed by atoms with Crippen molar-refractivity contribution < 1.29 is 0 Å². The third-order valence-corrected chi connectivity index (χ3v) is 7.29. The van der Waals surface area contributed by atoms with Gasteiger partial charge < -0.3 is 0 Å². The molecule has 1 heterocycles. The largest absolute Gasteiger partial charge is 0.135 e. The van der Waals surface area contributed by atoms with Gasteiger partial charge in [-0.3, -0.25) is 0 Å². The maximum atomic E-state index is 4.40. The molecule has 0 aromatic carbocycles. The fraction of sp³-hybridized carbons (Fsp3) is 0.750. The molecule has 0 aromatic rings. The molecule has 0 saturated heterocycles. The van der Waals surface area contributed by atoms with Crippen LogP contribution < -0.4 is 0 Å². The molecule has 1 aliphatic heterocycles. The highest BCUT2D eigenvalue weighted by atomic mass is 32.2. The molecule has 0 amide bonds. The smallest absolute Gasteiger partial charge is 0.0688 e. The van der Waals surface area contributed by atoms with E-state index in [9.17, 15) is 0 Å². The summed E-state index contributed by atoms with van der Waals surface area (Å²) in [5.74, 6) is 0. The van der Waals surface area contributed by atoms with Gasteiger partial charge in [-0.15, -0.1) is 25.3 Å². The van der Waals surface area contributed by atoms with E-state index in [4.69, 9.17) is 0 Å². The minimum absolute atomic E-state index is 0.884. The summed E-state index contributed by atoms with van der Waals surface area (Å²) >= 11 is 12.6. The van der Waals surface area contributed by atoms with Crippen LogP contribution in [-0.4, -0.2) is 0 Å². The van der Waals surface area contributed by atoms with Gasteiger partial charge in [-0.05, 0) is 25.7 Å². The first-order chi connectivity index (χ1) is 9.69. The molecule has 4 heteroatoms. The fourth-order valence-electron chi connectivity index (χ4n) is 2.26. The van der Waals surface area contributed by atoms with Crippen LogP contribution in [0.15, 0.2) is 18.3 Å². The van der Waals surface area contributed by atoms with E-state index in [2.05, 4.69) is 39.1 Å². The predicted molar refractivity (Wildman–Crippen MR) is 105 cm³/mol. The van der Waals surface area contributed by atoms with E-state index in [1.165, 1.54) is 68.4 Å². The van der Waals surface area contributed by atoms with Crippen molar-refractivity contribution in [2.45, 2.75) is 78.1 Å². The van der Waals surface area contributed by atoms with Gasteiger partial charge in [0.25, 0.3) is 0 Å². The van der Waals surface area contributed by atoms with Crippen molar-refractivity contribution in [3.8, 4) is 0 Å². The van der Waals surface area contributed by atoms with E-state index in [0.717, 1.165) is 4.24 Å². The molecule has 0 atom stereocenters. The van der Waals surface area contributed by atoms with Gasteiger partial charge in [0.05, 0.1) is 8.47 Å². The van der Waals surface area contributed by atoms with Gasteiger partial charge in [-0.2, -0.15) is 0 Å². The lowest BCUT2D eigenvalue weighted by atomic mass is 10.1. The van der Waals surface area contributed by atoms with E-state index in [0.29, 0.717) is 0 Å². The van der Waals surface area contributed by atoms with Crippen LogP contribution in [0.3, 0.4) is 0 Å². The zero-order valence-corrected chi connectivity index (χ0v) is 16.2. The molecular weight excluding hydrogens is 320 g/mol. The lowest BCUT2D eigenvalue weighted by molar-refractivity contribution is 0.661. The summed E-state index contributed by atoms with van der Waals surface area (Å²) in [7, 11) is 0. The molecule has 0 bridgehead atoms. The topological polar surface area (TPSA) is 0 Å². The summed E-state index contributed by atoms with van der Waals surface area (Å²) in [5, 5.41) is 0. The average molecular weight is 349 g/mol. The zero-order chi connectivity index (χ0) is 14.8. The number of thiol groups is 2. The second-order valence-corrected chi connectivity index (χ2v) is 9.00. The van der Waals surface area contributed by atoms with Crippen LogP contribution in [0.4, 0.5) is 0 Å². The molecule has 0 aliphatic carbocycles. The molecule has 0 N–H and O–H groups in total. The van der Waals surface area contributed by atoms with Crippen molar-refractivity contribution in [1.82, 2.24) is 0 Å². The Balaban J connectivity index is 2.48. The number of hydrogen-bond donors (Lipinski definition) is 2. The van der Waals surface area contributed by atoms with Crippen molar-refractivity contribution in [2.24, 2.45) is 0 Å². The Morgan fingerprint density at radius 1 is 0.750 bits per heavy atom. The van der Waals surface area contributed by atoms with E-state index in [-0.39, 0.29) is 0 Å². The van der Waals surface area contributed by atoms with Crippen LogP contribution in [-0.2, 0) is 0 Å². The summed E-state index contributed by atoms with van der Waals surface area (Å²) in [6, 6.07) is 0. The Morgan fingerprint density at radius 2 is 1.20 bits per heavy atom. The Bertz CT molecular complexity index is 314. The number of hydrogen-bond acceptors (Lipinski definition) is 4. The first-order valence-corrected chi connectivity index (χ1v) is 10.4. The van der Waals surface area contributed by atoms with Gasteiger partial charge in [0.2, 0.25) is 0 Å². The van der Waals surface area contributed by atoms with Crippen LogP contribution in [0.2, 0.25) is 0 Å². The number of unbranched alkanes of at least 4 members (excludes halogenated alkanes) is 6. The maximum Gasteiger partial charge on any atom is 0.0688 e. The standard InChI is InChI=1S/C16H28S4/c1-3-5-7-9-11-13-14(12-10-8-6-4-2)20-16(19-13)15(17)18/h17-18H,3-12H2,1-2H3. The molecule has 116 valence electrons. The quantitative estimate of drug-likeness (QED) is 0.308. The average Bonchev–Trinajstić information content (AvgIpc) is 2.83. The molecule has 0 aromatic heterocycles. The van der Waals surface area contributed by atoms with Gasteiger partial charge in [0.1, 0.15) is 0 Å². The second-order valence-electron chi connectivity index (χ2n) is 5.28. The molecule has 0 unspecified atom stereocenters. The summed E-state index contributed by atoms with van der Waals surface area (Å²) < 4.78 is 2.17. The molecule has 0 nitrogen and oxygen atoms in total. The van der Waals surface area contributed by atoms with E-state index in [1.807, 2.05) is 23.5 Å². The third-order valence-electron chi connectivity index (χ3n) is 3.44. The van der Waals surface area contributed by atoms with Crippen molar-refractivity contribution in [1.29, 1.82) is 0 Å². The van der Waals surface area contributed by atoms with Crippen LogP contribution in [0.25, 0.3) is 0 Å². The molecule has 0 spiro atoms. The van der Waals surface area contributed by atoms with Gasteiger partial charge in [0.15, 0.2) is 0 Å². The first-order valence-electron chi connectivity index (χ1n) is 7.89. The highest BCUT2D eigenvalue weighted by molar-refractivity contribution is 8.29. The minimum Gasteiger partial charge on any atom is -0.135 e. The number of rotatable bonds is 10. The summed E-state index contributed by atoms with van der Waals surface area (Å²) in [6.45, 7) is 4.54. The fourth-order valence-corrected chi connectivity index (χ4v) is 5.38. The lowest BCUT2D eigenvalue weighted by Crippen LogP contribution is -1.84. The first kappa shape index (κ1) is 18.9. The van der Waals surface area contributed by atoms with Crippen molar-refractivity contribution in [3.05, 3.63) is 18.3 Å². The van der Waals surface area contributed by atoms with E-state index >= 15 is 0 Å². The van der Waals surface area contributed by atoms with Gasteiger partial charge in [0, 0.05) is 9.81 Å². The molecule has 20 heavy (non-hydrogen) atoms. The van der Waals surface area contributed by atoms with Crippen LogP contribution in [0.5, 0.6) is 0 Å². The van der Waals surface area contributed by atoms with E-state index < -0.39 is 0 Å². The molecule has 0 saturated carbocycles. The van der Waals surface area contributed by atoms with Gasteiger partial charge in [-0.1, -0.05) is 75.9 Å². The number of thioether (sulfide) groups is 2. The van der Waals surface area contributed by atoms with Crippen molar-refractivity contribution in [2.75, 3.05) is 0 Å². The summed E-state index contributed by atoms with van der Waals surface area (Å²) in [5.41, 5.74) is 0. The summed E-state index contributed by atoms with van der Waals surface area (Å²) in [4.78, 5) is 3.19.